The molecular formula is C26H20ClF2N5O2S. The molecule has 0 unspecified atom stereocenters. The van der Waals surface area contributed by atoms with Crippen LogP contribution in [0.5, 0.6) is 0 Å². The first-order valence-corrected chi connectivity index (χ1v) is 12.7. The number of aromatic nitrogens is 3. The smallest absolute Gasteiger partial charge is 0.256 e. The number of anilines is 1. The van der Waals surface area contributed by atoms with Gasteiger partial charge < -0.3 is 10.2 Å². The van der Waals surface area contributed by atoms with Gasteiger partial charge in [-0.2, -0.15) is 0 Å². The summed E-state index contributed by atoms with van der Waals surface area (Å²) >= 11 is 7.18. The van der Waals surface area contributed by atoms with Gasteiger partial charge in [0.2, 0.25) is 5.91 Å². The standard InChI is InChI=1S/C26H20ClF2N5O2S/c27-19-5-3-6-20(29)24(19)25(36)30-14-22-31-32-26(34(22)18-10-8-17(28)9-11-18)37-15-23(35)33-13-12-16-4-1-2-7-21(16)33/h1-11H,12-15H2,(H,30,36). The van der Waals surface area contributed by atoms with Crippen molar-refractivity contribution < 1.29 is 18.4 Å². The van der Waals surface area contributed by atoms with Gasteiger partial charge in [-0.15, -0.1) is 10.2 Å². The lowest BCUT2D eigenvalue weighted by molar-refractivity contribution is -0.116. The largest absolute Gasteiger partial charge is 0.345 e. The third-order valence-electron chi connectivity index (χ3n) is 5.90. The van der Waals surface area contributed by atoms with E-state index in [0.29, 0.717) is 23.2 Å². The Morgan fingerprint density at radius 2 is 1.78 bits per heavy atom. The molecule has 3 aromatic carbocycles. The zero-order valence-corrected chi connectivity index (χ0v) is 20.9. The zero-order valence-electron chi connectivity index (χ0n) is 19.3. The van der Waals surface area contributed by atoms with Crippen molar-refractivity contribution >= 4 is 40.9 Å². The van der Waals surface area contributed by atoms with Crippen LogP contribution in [0.2, 0.25) is 5.02 Å². The fourth-order valence-electron chi connectivity index (χ4n) is 4.12. The summed E-state index contributed by atoms with van der Waals surface area (Å²) in [6.45, 7) is 0.501. The van der Waals surface area contributed by atoms with E-state index in [0.717, 1.165) is 23.7 Å². The van der Waals surface area contributed by atoms with E-state index in [9.17, 15) is 18.4 Å². The van der Waals surface area contributed by atoms with E-state index in [1.165, 1.54) is 36.0 Å². The molecule has 1 aliphatic heterocycles. The van der Waals surface area contributed by atoms with Gasteiger partial charge in [0, 0.05) is 17.9 Å². The monoisotopic (exact) mass is 539 g/mol. The number of amides is 2. The first-order valence-electron chi connectivity index (χ1n) is 11.4. The lowest BCUT2D eigenvalue weighted by Gasteiger charge is -2.17. The van der Waals surface area contributed by atoms with Crippen LogP contribution in [-0.4, -0.2) is 38.9 Å². The average molecular weight is 540 g/mol. The fourth-order valence-corrected chi connectivity index (χ4v) is 5.22. The summed E-state index contributed by atoms with van der Waals surface area (Å²) in [5.41, 5.74) is 2.30. The Balaban J connectivity index is 1.36. The van der Waals surface area contributed by atoms with E-state index in [4.69, 9.17) is 11.6 Å². The molecule has 0 aliphatic carbocycles. The third-order valence-corrected chi connectivity index (χ3v) is 7.12. The molecule has 188 valence electrons. The first kappa shape index (κ1) is 24.9. The quantitative estimate of drug-likeness (QED) is 0.341. The van der Waals surface area contributed by atoms with Crippen LogP contribution in [-0.2, 0) is 17.8 Å². The summed E-state index contributed by atoms with van der Waals surface area (Å²) in [4.78, 5) is 27.4. The van der Waals surface area contributed by atoms with E-state index >= 15 is 0 Å². The number of para-hydroxylation sites is 1. The zero-order chi connectivity index (χ0) is 25.9. The van der Waals surface area contributed by atoms with Gasteiger partial charge in [-0.05, 0) is 54.4 Å². The predicted octanol–water partition coefficient (Wildman–Crippen LogP) is 4.81. The first-order chi connectivity index (χ1) is 17.9. The number of hydrogen-bond donors (Lipinski definition) is 1. The van der Waals surface area contributed by atoms with Crippen LogP contribution in [0, 0.1) is 11.6 Å². The van der Waals surface area contributed by atoms with Gasteiger partial charge >= 0.3 is 0 Å². The van der Waals surface area contributed by atoms with Gasteiger partial charge in [0.25, 0.3) is 5.91 Å². The summed E-state index contributed by atoms with van der Waals surface area (Å²) < 4.78 is 29.4. The van der Waals surface area contributed by atoms with Crippen molar-refractivity contribution in [1.29, 1.82) is 0 Å². The van der Waals surface area contributed by atoms with Gasteiger partial charge in [0.1, 0.15) is 11.6 Å². The van der Waals surface area contributed by atoms with Crippen LogP contribution in [0.4, 0.5) is 14.5 Å². The molecule has 0 atom stereocenters. The molecule has 5 rings (SSSR count). The second-order valence-electron chi connectivity index (χ2n) is 8.20. The second-order valence-corrected chi connectivity index (χ2v) is 9.55. The van der Waals surface area contributed by atoms with E-state index in [-0.39, 0.29) is 28.8 Å². The Kier molecular flexibility index (Phi) is 7.20. The summed E-state index contributed by atoms with van der Waals surface area (Å²) in [6.07, 6.45) is 0.800. The molecule has 0 fully saturated rings. The molecule has 2 heterocycles. The lowest BCUT2D eigenvalue weighted by atomic mass is 10.2. The highest BCUT2D eigenvalue weighted by molar-refractivity contribution is 7.99. The Morgan fingerprint density at radius 3 is 2.57 bits per heavy atom. The summed E-state index contributed by atoms with van der Waals surface area (Å²) in [6, 6.07) is 17.4. The fraction of sp³-hybridized carbons (Fsp3) is 0.154. The van der Waals surface area contributed by atoms with Gasteiger partial charge in [-0.25, -0.2) is 8.78 Å². The highest BCUT2D eigenvalue weighted by Gasteiger charge is 2.25. The number of carbonyl (C=O) groups is 2. The molecule has 0 bridgehead atoms. The lowest BCUT2D eigenvalue weighted by Crippen LogP contribution is -2.30. The van der Waals surface area contributed by atoms with Crippen LogP contribution < -0.4 is 10.2 Å². The number of nitrogens with zero attached hydrogens (tertiary/aromatic N) is 4. The molecule has 2 amide bonds. The number of nitrogens with one attached hydrogen (secondary N) is 1. The molecule has 1 N–H and O–H groups in total. The number of thioether (sulfide) groups is 1. The maximum atomic E-state index is 14.2. The van der Waals surface area contributed by atoms with Crippen molar-refractivity contribution in [3.8, 4) is 5.69 Å². The number of benzene rings is 3. The minimum absolute atomic E-state index is 0.0178. The minimum atomic E-state index is -0.747. The molecule has 1 aromatic heterocycles. The molecule has 0 saturated heterocycles. The molecule has 1 aliphatic rings. The van der Waals surface area contributed by atoms with Gasteiger partial charge in [-0.3, -0.25) is 14.2 Å². The predicted molar refractivity (Wildman–Crippen MR) is 137 cm³/mol. The maximum absolute atomic E-state index is 14.2. The van der Waals surface area contributed by atoms with Gasteiger partial charge in [0.15, 0.2) is 11.0 Å². The van der Waals surface area contributed by atoms with Gasteiger partial charge in [-0.1, -0.05) is 47.6 Å². The molecule has 4 aromatic rings. The third kappa shape index (κ3) is 5.21. The van der Waals surface area contributed by atoms with Crippen molar-refractivity contribution in [2.75, 3.05) is 17.2 Å². The van der Waals surface area contributed by atoms with E-state index in [2.05, 4.69) is 15.5 Å². The number of rotatable bonds is 7. The van der Waals surface area contributed by atoms with Crippen molar-refractivity contribution in [3.05, 3.63) is 100 Å². The molecule has 0 spiro atoms. The number of fused-ring (bicyclic) bond motifs is 1. The van der Waals surface area contributed by atoms with Crippen molar-refractivity contribution in [1.82, 2.24) is 20.1 Å². The Labute approximate surface area is 220 Å². The normalized spacial score (nSPS) is 12.5. The topological polar surface area (TPSA) is 80.1 Å². The Morgan fingerprint density at radius 1 is 1.00 bits per heavy atom. The summed E-state index contributed by atoms with van der Waals surface area (Å²) in [5.74, 6) is -1.54. The average Bonchev–Trinajstić information content (AvgIpc) is 3.51. The Bertz CT molecular complexity index is 1460. The van der Waals surface area contributed by atoms with Gasteiger partial charge in [0.05, 0.1) is 22.9 Å². The van der Waals surface area contributed by atoms with Crippen molar-refractivity contribution in [2.24, 2.45) is 0 Å². The molecular weight excluding hydrogens is 520 g/mol. The minimum Gasteiger partial charge on any atom is -0.345 e. The van der Waals surface area contributed by atoms with Crippen LogP contribution in [0.3, 0.4) is 0 Å². The Hall–Kier alpha value is -3.76. The van der Waals surface area contributed by atoms with E-state index < -0.39 is 17.5 Å². The maximum Gasteiger partial charge on any atom is 0.256 e. The van der Waals surface area contributed by atoms with Crippen LogP contribution in [0.1, 0.15) is 21.7 Å². The van der Waals surface area contributed by atoms with Crippen LogP contribution >= 0.6 is 23.4 Å². The SMILES string of the molecule is O=C(NCc1nnc(SCC(=O)N2CCc3ccccc32)n1-c1ccc(F)cc1)c1c(F)cccc1Cl. The second kappa shape index (κ2) is 10.7. The van der Waals surface area contributed by atoms with Crippen LogP contribution in [0.25, 0.3) is 5.69 Å². The van der Waals surface area contributed by atoms with Crippen LogP contribution in [0.15, 0.2) is 71.9 Å². The molecule has 11 heteroatoms. The van der Waals surface area contributed by atoms with E-state index in [1.807, 2.05) is 24.3 Å². The summed E-state index contributed by atoms with van der Waals surface area (Å²) in [5, 5.41) is 11.4. The van der Waals surface area contributed by atoms with Crippen molar-refractivity contribution in [3.63, 3.8) is 0 Å². The number of hydrogen-bond acceptors (Lipinski definition) is 5. The highest BCUT2D eigenvalue weighted by atomic mass is 35.5. The molecule has 0 saturated carbocycles. The summed E-state index contributed by atoms with van der Waals surface area (Å²) in [7, 11) is 0. The molecule has 37 heavy (non-hydrogen) atoms. The van der Waals surface area contributed by atoms with Crippen molar-refractivity contribution in [2.45, 2.75) is 18.1 Å². The van der Waals surface area contributed by atoms with E-state index in [1.54, 1.807) is 21.6 Å². The number of halogens is 3. The molecule has 0 radical (unpaired) electrons. The highest BCUT2D eigenvalue weighted by Crippen LogP contribution is 2.29. The number of carbonyl (C=O) groups excluding carboxylic acids is 2. The molecule has 7 nitrogen and oxygen atoms in total.